The molecule has 0 saturated carbocycles. The Balaban J connectivity index is 3.19. The zero-order chi connectivity index (χ0) is 10.8. The van der Waals surface area contributed by atoms with E-state index >= 15 is 0 Å². The number of hydrogen-bond donors (Lipinski definition) is 0. The van der Waals surface area contributed by atoms with E-state index in [-0.39, 0.29) is 4.90 Å². The lowest BCUT2D eigenvalue weighted by Crippen LogP contribution is -2.15. The number of hydrogen-bond acceptors (Lipinski definition) is 3. The fourth-order valence-corrected chi connectivity index (χ4v) is 2.09. The first-order valence-corrected chi connectivity index (χ1v) is 5.80. The third-order valence-corrected chi connectivity index (χ3v) is 4.01. The molecule has 0 aliphatic heterocycles. The van der Waals surface area contributed by atoms with Crippen LogP contribution in [0.1, 0.15) is 6.92 Å². The van der Waals surface area contributed by atoms with Gasteiger partial charge in [0, 0.05) is 5.02 Å². The average Bonchev–Trinajstić information content (AvgIpc) is 2.17. The van der Waals surface area contributed by atoms with Gasteiger partial charge in [-0.3, -0.25) is 0 Å². The van der Waals surface area contributed by atoms with E-state index in [1.54, 1.807) is 6.07 Å². The van der Waals surface area contributed by atoms with E-state index in [0.717, 1.165) is 0 Å². The van der Waals surface area contributed by atoms with Crippen molar-refractivity contribution in [2.75, 3.05) is 0 Å². The van der Waals surface area contributed by atoms with Gasteiger partial charge in [-0.25, -0.2) is 8.42 Å². The average molecular weight is 230 g/mol. The van der Waals surface area contributed by atoms with Gasteiger partial charge in [-0.05, 0) is 31.2 Å². The molecule has 1 aromatic carbocycles. The summed E-state index contributed by atoms with van der Waals surface area (Å²) in [5.41, 5.74) is 0. The Bertz CT molecular complexity index is 459. The first-order chi connectivity index (χ1) is 6.48. The molecule has 5 heteroatoms. The van der Waals surface area contributed by atoms with Crippen LogP contribution < -0.4 is 0 Å². The van der Waals surface area contributed by atoms with Crippen molar-refractivity contribution in [3.05, 3.63) is 29.3 Å². The molecule has 0 heterocycles. The van der Waals surface area contributed by atoms with Crippen molar-refractivity contribution >= 4 is 21.4 Å². The molecule has 1 rings (SSSR count). The highest BCUT2D eigenvalue weighted by Gasteiger charge is 2.22. The van der Waals surface area contributed by atoms with E-state index in [4.69, 9.17) is 16.9 Å². The first kappa shape index (κ1) is 11.0. The second-order valence-corrected chi connectivity index (χ2v) is 5.48. The van der Waals surface area contributed by atoms with Gasteiger partial charge in [0.2, 0.25) is 0 Å². The van der Waals surface area contributed by atoms with E-state index in [9.17, 15) is 8.42 Å². The van der Waals surface area contributed by atoms with Crippen molar-refractivity contribution in [3.8, 4) is 6.07 Å². The van der Waals surface area contributed by atoms with Crippen LogP contribution >= 0.6 is 11.6 Å². The van der Waals surface area contributed by atoms with Gasteiger partial charge in [-0.15, -0.1) is 0 Å². The van der Waals surface area contributed by atoms with E-state index in [1.165, 1.54) is 31.2 Å². The monoisotopic (exact) mass is 229 g/mol. The van der Waals surface area contributed by atoms with Crippen molar-refractivity contribution in [1.82, 2.24) is 0 Å². The van der Waals surface area contributed by atoms with Crippen LogP contribution in [0.5, 0.6) is 0 Å². The zero-order valence-electron chi connectivity index (χ0n) is 7.44. The molecule has 0 aliphatic rings. The Morgan fingerprint density at radius 1 is 1.36 bits per heavy atom. The van der Waals surface area contributed by atoms with E-state index in [0.29, 0.717) is 5.02 Å². The fraction of sp³-hybridized carbons (Fsp3) is 0.222. The lowest BCUT2D eigenvalue weighted by molar-refractivity contribution is 0.592. The predicted octanol–water partition coefficient (Wildman–Crippen LogP) is 2.03. The van der Waals surface area contributed by atoms with Crippen LogP contribution in [0.4, 0.5) is 0 Å². The molecule has 0 radical (unpaired) electrons. The first-order valence-electron chi connectivity index (χ1n) is 3.87. The van der Waals surface area contributed by atoms with E-state index in [1.807, 2.05) is 0 Å². The summed E-state index contributed by atoms with van der Waals surface area (Å²) in [5.74, 6) is 0. The van der Waals surface area contributed by atoms with Crippen LogP contribution in [0.15, 0.2) is 29.2 Å². The topological polar surface area (TPSA) is 57.9 Å². The molecule has 0 unspecified atom stereocenters. The van der Waals surface area contributed by atoms with Gasteiger partial charge in [-0.2, -0.15) is 5.26 Å². The third-order valence-electron chi connectivity index (χ3n) is 1.79. The second kappa shape index (κ2) is 3.99. The molecule has 0 aromatic heterocycles. The van der Waals surface area contributed by atoms with Gasteiger partial charge in [0.05, 0.1) is 11.0 Å². The van der Waals surface area contributed by atoms with Gasteiger partial charge in [0.1, 0.15) is 5.25 Å². The summed E-state index contributed by atoms with van der Waals surface area (Å²) in [4.78, 5) is 0.121. The number of nitriles is 1. The van der Waals surface area contributed by atoms with Gasteiger partial charge >= 0.3 is 0 Å². The van der Waals surface area contributed by atoms with Crippen LogP contribution in [0.2, 0.25) is 5.02 Å². The minimum atomic E-state index is -3.53. The summed E-state index contributed by atoms with van der Waals surface area (Å²) < 4.78 is 23.2. The lowest BCUT2D eigenvalue weighted by Gasteiger charge is -2.04. The highest BCUT2D eigenvalue weighted by molar-refractivity contribution is 7.92. The van der Waals surface area contributed by atoms with Gasteiger partial charge < -0.3 is 0 Å². The molecular formula is C9H8ClNO2S. The van der Waals surface area contributed by atoms with Crippen molar-refractivity contribution < 1.29 is 8.42 Å². The number of sulfone groups is 1. The predicted molar refractivity (Wildman–Crippen MR) is 53.7 cm³/mol. The van der Waals surface area contributed by atoms with Crippen molar-refractivity contribution in [2.45, 2.75) is 17.1 Å². The molecule has 0 saturated heterocycles. The molecular weight excluding hydrogens is 222 g/mol. The van der Waals surface area contributed by atoms with Crippen LogP contribution in [0.3, 0.4) is 0 Å². The normalized spacial score (nSPS) is 13.2. The summed E-state index contributed by atoms with van der Waals surface area (Å²) in [7, 11) is -3.53. The maximum absolute atomic E-state index is 11.6. The highest BCUT2D eigenvalue weighted by atomic mass is 35.5. The molecule has 0 fully saturated rings. The van der Waals surface area contributed by atoms with Crippen molar-refractivity contribution in [1.29, 1.82) is 5.26 Å². The zero-order valence-corrected chi connectivity index (χ0v) is 9.01. The minimum Gasteiger partial charge on any atom is -0.222 e. The smallest absolute Gasteiger partial charge is 0.194 e. The Hall–Kier alpha value is -1.05. The molecule has 74 valence electrons. The molecule has 1 atom stereocenters. The second-order valence-electron chi connectivity index (χ2n) is 2.77. The van der Waals surface area contributed by atoms with Gasteiger partial charge in [-0.1, -0.05) is 11.6 Å². The Kier molecular flexibility index (Phi) is 3.14. The summed E-state index contributed by atoms with van der Waals surface area (Å²) in [5, 5.41) is 7.96. The lowest BCUT2D eigenvalue weighted by atomic mass is 10.4. The molecule has 0 aliphatic carbocycles. The van der Waals surface area contributed by atoms with E-state index < -0.39 is 15.1 Å². The maximum Gasteiger partial charge on any atom is 0.194 e. The molecule has 0 amide bonds. The Morgan fingerprint density at radius 2 is 1.86 bits per heavy atom. The standard InChI is InChI=1S/C9H8ClNO2S/c1-7(6-11)14(12,13)9-4-2-8(10)3-5-9/h2-5,7H,1H3/t7-/m0/s1. The number of halogens is 1. The molecule has 3 nitrogen and oxygen atoms in total. The largest absolute Gasteiger partial charge is 0.222 e. The van der Waals surface area contributed by atoms with Crippen LogP contribution in [-0.2, 0) is 9.84 Å². The van der Waals surface area contributed by atoms with Crippen molar-refractivity contribution in [3.63, 3.8) is 0 Å². The molecule has 0 spiro atoms. The molecule has 0 bridgehead atoms. The summed E-state index contributed by atoms with van der Waals surface area (Å²) in [6, 6.07) is 7.46. The fourth-order valence-electron chi connectivity index (χ4n) is 0.898. The molecule has 14 heavy (non-hydrogen) atoms. The third kappa shape index (κ3) is 2.06. The summed E-state index contributed by atoms with van der Waals surface area (Å²) in [6.45, 7) is 1.35. The van der Waals surface area contributed by atoms with Crippen LogP contribution in [0.25, 0.3) is 0 Å². The number of rotatable bonds is 2. The summed E-state index contributed by atoms with van der Waals surface area (Å²) >= 11 is 5.62. The minimum absolute atomic E-state index is 0.121. The summed E-state index contributed by atoms with van der Waals surface area (Å²) in [6.07, 6.45) is 0. The van der Waals surface area contributed by atoms with Gasteiger partial charge in [0.25, 0.3) is 0 Å². The highest BCUT2D eigenvalue weighted by Crippen LogP contribution is 2.18. The quantitative estimate of drug-likeness (QED) is 0.780. The van der Waals surface area contributed by atoms with Gasteiger partial charge in [0.15, 0.2) is 9.84 Å². The molecule has 1 aromatic rings. The van der Waals surface area contributed by atoms with Crippen LogP contribution in [0, 0.1) is 11.3 Å². The van der Waals surface area contributed by atoms with Crippen LogP contribution in [-0.4, -0.2) is 13.7 Å². The Labute approximate surface area is 87.8 Å². The number of nitrogens with zero attached hydrogens (tertiary/aromatic N) is 1. The van der Waals surface area contributed by atoms with E-state index in [2.05, 4.69) is 0 Å². The molecule has 0 N–H and O–H groups in total. The number of benzene rings is 1. The van der Waals surface area contributed by atoms with Crippen molar-refractivity contribution in [2.24, 2.45) is 0 Å². The Morgan fingerprint density at radius 3 is 2.29 bits per heavy atom. The maximum atomic E-state index is 11.6. The SMILES string of the molecule is C[C@@H](C#N)S(=O)(=O)c1ccc(Cl)cc1.